The van der Waals surface area contributed by atoms with Crippen LogP contribution in [0.5, 0.6) is 0 Å². The Balaban J connectivity index is 1.95. The van der Waals surface area contributed by atoms with Gasteiger partial charge in [0.25, 0.3) is 5.69 Å². The Morgan fingerprint density at radius 3 is 2.62 bits per heavy atom. The Kier molecular flexibility index (Phi) is 4.39. The number of nitrogens with zero attached hydrogens (tertiary/aromatic N) is 3. The van der Waals surface area contributed by atoms with Gasteiger partial charge in [-0.25, -0.2) is 4.79 Å². The summed E-state index contributed by atoms with van der Waals surface area (Å²) >= 11 is 0. The molecule has 2 aromatic rings. The molecule has 1 aromatic heterocycles. The Morgan fingerprint density at radius 1 is 1.29 bits per heavy atom. The van der Waals surface area contributed by atoms with Crippen molar-refractivity contribution in [2.24, 2.45) is 0 Å². The summed E-state index contributed by atoms with van der Waals surface area (Å²) in [5, 5.41) is 29.8. The van der Waals surface area contributed by atoms with E-state index in [0.717, 1.165) is 5.56 Å². The molecule has 0 unspecified atom stereocenters. The number of benzene rings is 1. The van der Waals surface area contributed by atoms with Gasteiger partial charge in [-0.05, 0) is 18.1 Å². The number of aromatic carboxylic acids is 1. The Hall–Kier alpha value is -3.03. The molecule has 0 aliphatic carbocycles. The van der Waals surface area contributed by atoms with Crippen molar-refractivity contribution < 1.29 is 14.8 Å². The van der Waals surface area contributed by atoms with Gasteiger partial charge in [-0.15, -0.1) is 5.10 Å². The van der Waals surface area contributed by atoms with Gasteiger partial charge in [0.1, 0.15) is 5.56 Å². The molecule has 2 rings (SSSR count). The molecule has 0 fully saturated rings. The first-order chi connectivity index (χ1) is 10.1. The van der Waals surface area contributed by atoms with Crippen LogP contribution in [0, 0.1) is 10.1 Å². The number of hydrogen-bond acceptors (Lipinski definition) is 6. The summed E-state index contributed by atoms with van der Waals surface area (Å²) in [7, 11) is 0. The van der Waals surface area contributed by atoms with Crippen LogP contribution in [0.25, 0.3) is 0 Å². The molecule has 0 aliphatic heterocycles. The number of nitro groups is 1. The van der Waals surface area contributed by atoms with E-state index in [1.165, 1.54) is 24.4 Å². The second kappa shape index (κ2) is 6.42. The van der Waals surface area contributed by atoms with E-state index in [1.54, 1.807) is 12.1 Å². The lowest BCUT2D eigenvalue weighted by Gasteiger charge is -2.07. The number of carbonyl (C=O) groups is 1. The van der Waals surface area contributed by atoms with E-state index in [9.17, 15) is 14.9 Å². The first-order valence-electron chi connectivity index (χ1n) is 6.10. The molecular formula is C13H12N4O4. The maximum absolute atomic E-state index is 11.0. The zero-order valence-corrected chi connectivity index (χ0v) is 10.9. The van der Waals surface area contributed by atoms with E-state index < -0.39 is 10.9 Å². The number of nitrogens with one attached hydrogen (secondary N) is 1. The van der Waals surface area contributed by atoms with Crippen LogP contribution in [0.2, 0.25) is 0 Å². The molecule has 21 heavy (non-hydrogen) atoms. The number of hydrogen-bond donors (Lipinski definition) is 2. The summed E-state index contributed by atoms with van der Waals surface area (Å²) in [4.78, 5) is 21.1. The quantitative estimate of drug-likeness (QED) is 0.613. The predicted molar refractivity (Wildman–Crippen MR) is 74.3 cm³/mol. The summed E-state index contributed by atoms with van der Waals surface area (Å²) in [6, 6.07) is 7.55. The third kappa shape index (κ3) is 3.72. The van der Waals surface area contributed by atoms with Crippen LogP contribution >= 0.6 is 0 Å². The molecule has 108 valence electrons. The summed E-state index contributed by atoms with van der Waals surface area (Å²) in [5.41, 5.74) is 0.983. The van der Waals surface area contributed by atoms with Crippen molar-refractivity contribution in [3.8, 4) is 0 Å². The normalized spacial score (nSPS) is 10.1. The zero-order chi connectivity index (χ0) is 15.2. The molecule has 2 N–H and O–H groups in total. The third-order valence-electron chi connectivity index (χ3n) is 2.80. The summed E-state index contributed by atoms with van der Waals surface area (Å²) in [6.07, 6.45) is 1.89. The third-order valence-corrected chi connectivity index (χ3v) is 2.80. The first-order valence-corrected chi connectivity index (χ1v) is 6.10. The van der Waals surface area contributed by atoms with Gasteiger partial charge in [0.15, 0.2) is 5.82 Å². The van der Waals surface area contributed by atoms with Crippen LogP contribution in [-0.4, -0.2) is 32.7 Å². The molecule has 0 spiro atoms. The maximum Gasteiger partial charge on any atom is 0.339 e. The van der Waals surface area contributed by atoms with Crippen LogP contribution in [0.1, 0.15) is 15.9 Å². The molecule has 8 heteroatoms. The Labute approximate surface area is 119 Å². The van der Waals surface area contributed by atoms with Gasteiger partial charge in [-0.3, -0.25) is 10.1 Å². The Bertz CT molecular complexity index is 657. The number of non-ortho nitro benzene ring substituents is 1. The van der Waals surface area contributed by atoms with Crippen molar-refractivity contribution in [1.29, 1.82) is 0 Å². The molecule has 0 saturated heterocycles. The number of aromatic nitrogens is 2. The minimum atomic E-state index is -1.08. The van der Waals surface area contributed by atoms with E-state index in [1.807, 2.05) is 0 Å². The minimum absolute atomic E-state index is 0.0359. The van der Waals surface area contributed by atoms with E-state index >= 15 is 0 Å². The summed E-state index contributed by atoms with van der Waals surface area (Å²) in [6.45, 7) is 0.441. The van der Waals surface area contributed by atoms with Gasteiger partial charge in [0, 0.05) is 18.7 Å². The van der Waals surface area contributed by atoms with Crippen molar-refractivity contribution in [3.05, 3.63) is 57.8 Å². The lowest BCUT2D eigenvalue weighted by Crippen LogP contribution is -2.11. The second-order valence-electron chi connectivity index (χ2n) is 4.20. The lowest BCUT2D eigenvalue weighted by atomic mass is 10.1. The van der Waals surface area contributed by atoms with Gasteiger partial charge in [-0.1, -0.05) is 12.1 Å². The molecular weight excluding hydrogens is 276 g/mol. The standard InChI is InChI=1S/C13H12N4O4/c18-13(19)11-6-8-15-16-12(11)14-7-5-9-1-3-10(4-2-9)17(20)21/h1-4,6,8H,5,7H2,(H,14,16)(H,18,19). The van der Waals surface area contributed by atoms with E-state index in [-0.39, 0.29) is 17.1 Å². The Morgan fingerprint density at radius 2 is 2.00 bits per heavy atom. The van der Waals surface area contributed by atoms with Gasteiger partial charge in [-0.2, -0.15) is 5.10 Å². The highest BCUT2D eigenvalue weighted by atomic mass is 16.6. The molecule has 0 radical (unpaired) electrons. The number of anilines is 1. The second-order valence-corrected chi connectivity index (χ2v) is 4.20. The largest absolute Gasteiger partial charge is 0.478 e. The number of carboxylic acids is 1. The lowest BCUT2D eigenvalue weighted by molar-refractivity contribution is -0.384. The van der Waals surface area contributed by atoms with Gasteiger partial charge < -0.3 is 10.4 Å². The van der Waals surface area contributed by atoms with Gasteiger partial charge >= 0.3 is 5.97 Å². The number of carboxylic acid groups (broad SMARTS) is 1. The van der Waals surface area contributed by atoms with Crippen molar-refractivity contribution in [2.45, 2.75) is 6.42 Å². The average Bonchev–Trinajstić information content (AvgIpc) is 2.48. The molecule has 0 atom stereocenters. The fourth-order valence-corrected chi connectivity index (χ4v) is 1.74. The molecule has 1 aromatic carbocycles. The molecule has 0 bridgehead atoms. The number of rotatable bonds is 6. The van der Waals surface area contributed by atoms with Gasteiger partial charge in [0.2, 0.25) is 0 Å². The van der Waals surface area contributed by atoms with Crippen LogP contribution in [0.3, 0.4) is 0 Å². The summed E-state index contributed by atoms with van der Waals surface area (Å²) in [5.74, 6) is -0.880. The molecule has 0 saturated carbocycles. The van der Waals surface area contributed by atoms with E-state index in [2.05, 4.69) is 15.5 Å². The van der Waals surface area contributed by atoms with Crippen molar-refractivity contribution in [1.82, 2.24) is 10.2 Å². The SMILES string of the molecule is O=C(O)c1ccnnc1NCCc1ccc([N+](=O)[O-])cc1. The molecule has 1 heterocycles. The topological polar surface area (TPSA) is 118 Å². The monoisotopic (exact) mass is 288 g/mol. The highest BCUT2D eigenvalue weighted by molar-refractivity contribution is 5.92. The first kappa shape index (κ1) is 14.4. The van der Waals surface area contributed by atoms with Crippen LogP contribution < -0.4 is 5.32 Å². The predicted octanol–water partition coefficient (Wildman–Crippen LogP) is 1.74. The minimum Gasteiger partial charge on any atom is -0.478 e. The van der Waals surface area contributed by atoms with E-state index in [4.69, 9.17) is 5.11 Å². The van der Waals surface area contributed by atoms with Crippen molar-refractivity contribution in [2.75, 3.05) is 11.9 Å². The van der Waals surface area contributed by atoms with Crippen LogP contribution in [0.15, 0.2) is 36.5 Å². The smallest absolute Gasteiger partial charge is 0.339 e. The zero-order valence-electron chi connectivity index (χ0n) is 10.9. The fraction of sp³-hybridized carbons (Fsp3) is 0.154. The maximum atomic E-state index is 11.0. The average molecular weight is 288 g/mol. The van der Waals surface area contributed by atoms with Crippen LogP contribution in [-0.2, 0) is 6.42 Å². The summed E-state index contributed by atoms with van der Waals surface area (Å²) < 4.78 is 0. The fourth-order valence-electron chi connectivity index (χ4n) is 1.74. The van der Waals surface area contributed by atoms with Crippen molar-refractivity contribution in [3.63, 3.8) is 0 Å². The number of nitro benzene ring substituents is 1. The molecule has 0 aliphatic rings. The van der Waals surface area contributed by atoms with Crippen LogP contribution in [0.4, 0.5) is 11.5 Å². The molecule has 0 amide bonds. The van der Waals surface area contributed by atoms with Gasteiger partial charge in [0.05, 0.1) is 11.1 Å². The highest BCUT2D eigenvalue weighted by Gasteiger charge is 2.10. The highest BCUT2D eigenvalue weighted by Crippen LogP contribution is 2.13. The molecule has 8 nitrogen and oxygen atoms in total. The van der Waals surface area contributed by atoms with Crippen molar-refractivity contribution >= 4 is 17.5 Å². The van der Waals surface area contributed by atoms with E-state index in [0.29, 0.717) is 13.0 Å².